The number of alkyl halides is 3. The fourth-order valence-corrected chi connectivity index (χ4v) is 2.74. The van der Waals surface area contributed by atoms with Crippen molar-refractivity contribution in [2.45, 2.75) is 44.8 Å². The fraction of sp³-hybridized carbons (Fsp3) is 1.00. The molecular weight excluding hydrogens is 257 g/mol. The Morgan fingerprint density at radius 1 is 1.21 bits per heavy atom. The molecule has 2 N–H and O–H groups in total. The average Bonchev–Trinajstić information content (AvgIpc) is 3.10. The second kappa shape index (κ2) is 6.90. The Kier molecular flexibility index (Phi) is 6.08. The first-order valence-electron chi connectivity index (χ1n) is 7.02. The molecule has 0 bridgehead atoms. The third-order valence-electron chi connectivity index (χ3n) is 3.62. The number of aliphatic hydroxyl groups excluding tert-OH is 1. The Bertz CT molecular complexity index is 269. The van der Waals surface area contributed by atoms with E-state index >= 15 is 0 Å². The maximum absolute atomic E-state index is 12.6. The molecule has 0 saturated heterocycles. The lowest BCUT2D eigenvalue weighted by Crippen LogP contribution is -2.59. The summed E-state index contributed by atoms with van der Waals surface area (Å²) in [5.41, 5.74) is -0.574. The van der Waals surface area contributed by atoms with Crippen molar-refractivity contribution < 1.29 is 18.3 Å². The second-order valence-corrected chi connectivity index (χ2v) is 5.44. The predicted octanol–water partition coefficient (Wildman–Crippen LogP) is 2.01. The van der Waals surface area contributed by atoms with E-state index in [1.165, 1.54) is 4.90 Å². The number of aliphatic hydroxyl groups is 1. The molecule has 0 aliphatic heterocycles. The number of hydrogen-bond acceptors (Lipinski definition) is 3. The van der Waals surface area contributed by atoms with Gasteiger partial charge in [-0.2, -0.15) is 13.2 Å². The lowest BCUT2D eigenvalue weighted by molar-refractivity contribution is -0.149. The van der Waals surface area contributed by atoms with Crippen LogP contribution in [0, 0.1) is 5.92 Å². The van der Waals surface area contributed by atoms with Crippen LogP contribution in [0.25, 0.3) is 0 Å². The van der Waals surface area contributed by atoms with E-state index < -0.39 is 18.3 Å². The van der Waals surface area contributed by atoms with Gasteiger partial charge in [0.1, 0.15) is 0 Å². The lowest BCUT2D eigenvalue weighted by Gasteiger charge is -2.38. The fourth-order valence-electron chi connectivity index (χ4n) is 2.74. The first kappa shape index (κ1) is 16.7. The summed E-state index contributed by atoms with van der Waals surface area (Å²) in [5, 5.41) is 12.9. The summed E-state index contributed by atoms with van der Waals surface area (Å²) in [5.74, 6) is 0.296. The molecular formula is C13H25F3N2O. The minimum absolute atomic E-state index is 0.108. The van der Waals surface area contributed by atoms with Crippen molar-refractivity contribution in [1.29, 1.82) is 0 Å². The van der Waals surface area contributed by atoms with Gasteiger partial charge in [-0.3, -0.25) is 4.90 Å². The second-order valence-electron chi connectivity index (χ2n) is 5.44. The van der Waals surface area contributed by atoms with E-state index in [0.29, 0.717) is 25.4 Å². The van der Waals surface area contributed by atoms with Gasteiger partial charge in [0.15, 0.2) is 0 Å². The van der Waals surface area contributed by atoms with E-state index in [0.717, 1.165) is 12.8 Å². The molecule has 1 atom stereocenters. The average molecular weight is 282 g/mol. The maximum Gasteiger partial charge on any atom is 0.401 e. The summed E-state index contributed by atoms with van der Waals surface area (Å²) in [4.78, 5) is 1.41. The molecule has 1 aliphatic carbocycles. The monoisotopic (exact) mass is 282 g/mol. The van der Waals surface area contributed by atoms with Crippen molar-refractivity contribution in [3.05, 3.63) is 0 Å². The van der Waals surface area contributed by atoms with Crippen LogP contribution >= 0.6 is 0 Å². The highest BCUT2D eigenvalue weighted by Gasteiger charge is 2.46. The van der Waals surface area contributed by atoms with Crippen LogP contribution in [0.4, 0.5) is 13.2 Å². The quantitative estimate of drug-likeness (QED) is 0.679. The van der Waals surface area contributed by atoms with Gasteiger partial charge in [0.05, 0.1) is 18.7 Å². The molecule has 0 heterocycles. The molecule has 1 fully saturated rings. The molecule has 114 valence electrons. The van der Waals surface area contributed by atoms with Crippen LogP contribution < -0.4 is 5.32 Å². The number of likely N-dealkylation sites (N-methyl/N-ethyl adjacent to an activating group) is 1. The molecule has 0 amide bonds. The van der Waals surface area contributed by atoms with Crippen molar-refractivity contribution in [2.24, 2.45) is 5.92 Å². The van der Waals surface area contributed by atoms with Crippen molar-refractivity contribution in [1.82, 2.24) is 10.2 Å². The van der Waals surface area contributed by atoms with Crippen LogP contribution in [0.3, 0.4) is 0 Å². The third-order valence-corrected chi connectivity index (χ3v) is 3.62. The molecule has 0 radical (unpaired) electrons. The van der Waals surface area contributed by atoms with E-state index in [-0.39, 0.29) is 13.2 Å². The summed E-state index contributed by atoms with van der Waals surface area (Å²) in [6.07, 6.45) is -1.54. The van der Waals surface area contributed by atoms with Gasteiger partial charge in [-0.1, -0.05) is 13.8 Å². The van der Waals surface area contributed by atoms with Gasteiger partial charge in [0.2, 0.25) is 0 Å². The zero-order valence-corrected chi connectivity index (χ0v) is 11.8. The molecule has 1 saturated carbocycles. The Morgan fingerprint density at radius 2 is 1.84 bits per heavy atom. The normalized spacial score (nSPS) is 19.7. The van der Waals surface area contributed by atoms with Gasteiger partial charge in [-0.15, -0.1) is 0 Å². The number of halogens is 3. The van der Waals surface area contributed by atoms with Crippen LogP contribution in [-0.2, 0) is 0 Å². The Morgan fingerprint density at radius 3 is 2.21 bits per heavy atom. The molecule has 0 spiro atoms. The summed E-state index contributed by atoms with van der Waals surface area (Å²) >= 11 is 0. The summed E-state index contributed by atoms with van der Waals surface area (Å²) in [6.45, 7) is 4.09. The van der Waals surface area contributed by atoms with Gasteiger partial charge in [-0.05, 0) is 38.3 Å². The van der Waals surface area contributed by atoms with E-state index in [4.69, 9.17) is 0 Å². The molecule has 1 aliphatic rings. The highest BCUT2D eigenvalue weighted by Crippen LogP contribution is 2.40. The zero-order chi connectivity index (χ0) is 14.5. The highest BCUT2D eigenvalue weighted by atomic mass is 19.4. The van der Waals surface area contributed by atoms with E-state index in [1.807, 2.05) is 13.8 Å². The van der Waals surface area contributed by atoms with Gasteiger partial charge < -0.3 is 10.4 Å². The van der Waals surface area contributed by atoms with Gasteiger partial charge in [0.25, 0.3) is 0 Å². The molecule has 19 heavy (non-hydrogen) atoms. The van der Waals surface area contributed by atoms with Crippen LogP contribution in [0.5, 0.6) is 0 Å². The first-order valence-corrected chi connectivity index (χ1v) is 7.02. The zero-order valence-electron chi connectivity index (χ0n) is 11.8. The van der Waals surface area contributed by atoms with Crippen LogP contribution in [-0.4, -0.2) is 54.5 Å². The van der Waals surface area contributed by atoms with Gasteiger partial charge in [-0.25, -0.2) is 0 Å². The van der Waals surface area contributed by atoms with Crippen LogP contribution in [0.15, 0.2) is 0 Å². The standard InChI is InChI=1S/C13H25F3N2O/c1-3-7-18(9-13(14,15)16)8-12(10-19,17-4-2)11-5-6-11/h11,17,19H,3-10H2,1-2H3. The highest BCUT2D eigenvalue weighted by molar-refractivity contribution is 5.02. The molecule has 6 heteroatoms. The molecule has 0 aromatic heterocycles. The summed E-state index contributed by atoms with van der Waals surface area (Å²) < 4.78 is 37.8. The summed E-state index contributed by atoms with van der Waals surface area (Å²) in [6, 6.07) is 0. The number of nitrogens with one attached hydrogen (secondary N) is 1. The topological polar surface area (TPSA) is 35.5 Å². The van der Waals surface area contributed by atoms with E-state index in [9.17, 15) is 18.3 Å². The molecule has 0 aromatic rings. The SMILES string of the molecule is CCCN(CC(F)(F)F)CC(CO)(NCC)C1CC1. The smallest absolute Gasteiger partial charge is 0.394 e. The maximum atomic E-state index is 12.6. The van der Waals surface area contributed by atoms with Crippen molar-refractivity contribution in [3.8, 4) is 0 Å². The van der Waals surface area contributed by atoms with Crippen LogP contribution in [0.2, 0.25) is 0 Å². The van der Waals surface area contributed by atoms with Gasteiger partial charge in [0, 0.05) is 6.54 Å². The number of hydrogen-bond donors (Lipinski definition) is 2. The molecule has 0 aromatic carbocycles. The van der Waals surface area contributed by atoms with Crippen LogP contribution in [0.1, 0.15) is 33.1 Å². The van der Waals surface area contributed by atoms with Crippen molar-refractivity contribution >= 4 is 0 Å². The summed E-state index contributed by atoms with van der Waals surface area (Å²) in [7, 11) is 0. The Hall–Kier alpha value is -0.330. The van der Waals surface area contributed by atoms with Crippen molar-refractivity contribution in [3.63, 3.8) is 0 Å². The van der Waals surface area contributed by atoms with E-state index in [2.05, 4.69) is 5.32 Å². The van der Waals surface area contributed by atoms with E-state index in [1.54, 1.807) is 0 Å². The minimum Gasteiger partial charge on any atom is -0.394 e. The Labute approximate surface area is 113 Å². The molecule has 3 nitrogen and oxygen atoms in total. The number of nitrogens with zero attached hydrogens (tertiary/aromatic N) is 1. The molecule has 1 rings (SSSR count). The predicted molar refractivity (Wildman–Crippen MR) is 69.0 cm³/mol. The third kappa shape index (κ3) is 5.28. The van der Waals surface area contributed by atoms with Crippen molar-refractivity contribution in [2.75, 3.05) is 32.8 Å². The minimum atomic E-state index is -4.19. The largest absolute Gasteiger partial charge is 0.401 e. The Balaban J connectivity index is 2.71. The molecule has 1 unspecified atom stereocenters. The van der Waals surface area contributed by atoms with Gasteiger partial charge >= 0.3 is 6.18 Å². The lowest BCUT2D eigenvalue weighted by atomic mass is 9.93. The first-order chi connectivity index (χ1) is 8.87. The number of rotatable bonds is 9.